The molecule has 46 heavy (non-hydrogen) atoms. The SMILES string of the molecule is c1ccc(B2c3ccccc3N3c4ccccc4B(c4ccccc4)c4cc(N(c5ccccc5)c5ccccc5)cc2c43)cc1. The minimum atomic E-state index is 0.0810. The quantitative estimate of drug-likeness (QED) is 0.220. The summed E-state index contributed by atoms with van der Waals surface area (Å²) in [6.07, 6.45) is 0. The summed E-state index contributed by atoms with van der Waals surface area (Å²) in [6.45, 7) is 0.162. The van der Waals surface area contributed by atoms with Crippen LogP contribution in [-0.4, -0.2) is 13.4 Å². The summed E-state index contributed by atoms with van der Waals surface area (Å²) in [5.41, 5.74) is 15.1. The van der Waals surface area contributed by atoms with E-state index >= 15 is 0 Å². The molecule has 0 aliphatic carbocycles. The van der Waals surface area contributed by atoms with Crippen molar-refractivity contribution in [2.45, 2.75) is 0 Å². The molecule has 0 N–H and O–H groups in total. The zero-order valence-corrected chi connectivity index (χ0v) is 25.4. The second kappa shape index (κ2) is 11.0. The molecule has 0 saturated carbocycles. The molecular formula is C42H30B2N2. The molecule has 214 valence electrons. The molecule has 2 aliphatic rings. The zero-order chi connectivity index (χ0) is 30.5. The van der Waals surface area contributed by atoms with Crippen LogP contribution in [0.2, 0.25) is 0 Å². The Morgan fingerprint density at radius 1 is 0.348 bits per heavy atom. The Kier molecular flexibility index (Phi) is 6.38. The summed E-state index contributed by atoms with van der Waals surface area (Å²) in [5.74, 6) is 0. The maximum absolute atomic E-state index is 2.54. The number of fused-ring (bicyclic) bond motifs is 4. The second-order valence-corrected chi connectivity index (χ2v) is 12.1. The van der Waals surface area contributed by atoms with E-state index in [2.05, 4.69) is 192 Å². The molecule has 2 nitrogen and oxygen atoms in total. The van der Waals surface area contributed by atoms with Crippen LogP contribution in [-0.2, 0) is 0 Å². The van der Waals surface area contributed by atoms with Gasteiger partial charge in [-0.25, -0.2) is 0 Å². The van der Waals surface area contributed by atoms with Crippen LogP contribution in [0.15, 0.2) is 182 Å². The predicted octanol–water partition coefficient (Wildman–Crippen LogP) is 6.29. The highest BCUT2D eigenvalue weighted by Gasteiger charge is 2.43. The Morgan fingerprint density at radius 2 is 0.717 bits per heavy atom. The van der Waals surface area contributed by atoms with Gasteiger partial charge in [-0.3, -0.25) is 0 Å². The molecule has 2 heterocycles. The maximum Gasteiger partial charge on any atom is 0.246 e. The fourth-order valence-corrected chi connectivity index (χ4v) is 7.68. The third kappa shape index (κ3) is 4.22. The first kappa shape index (κ1) is 26.7. The van der Waals surface area contributed by atoms with E-state index < -0.39 is 0 Å². The van der Waals surface area contributed by atoms with E-state index in [-0.39, 0.29) is 13.4 Å². The van der Waals surface area contributed by atoms with Gasteiger partial charge < -0.3 is 9.80 Å². The largest absolute Gasteiger partial charge is 0.313 e. The van der Waals surface area contributed by atoms with Gasteiger partial charge in [-0.05, 0) is 70.4 Å². The summed E-state index contributed by atoms with van der Waals surface area (Å²) in [6, 6.07) is 66.4. The molecule has 0 saturated heterocycles. The van der Waals surface area contributed by atoms with Crippen LogP contribution in [0.25, 0.3) is 0 Å². The van der Waals surface area contributed by atoms with E-state index in [1.165, 1.54) is 49.8 Å². The van der Waals surface area contributed by atoms with Gasteiger partial charge in [0.05, 0.1) is 0 Å². The van der Waals surface area contributed by atoms with E-state index in [1.54, 1.807) is 0 Å². The Bertz CT molecular complexity index is 2020. The Morgan fingerprint density at radius 3 is 1.15 bits per heavy atom. The molecule has 0 unspecified atom stereocenters. The number of hydrogen-bond acceptors (Lipinski definition) is 2. The number of hydrogen-bond donors (Lipinski definition) is 0. The third-order valence-corrected chi connectivity index (χ3v) is 9.53. The van der Waals surface area contributed by atoms with Gasteiger partial charge >= 0.3 is 0 Å². The van der Waals surface area contributed by atoms with Gasteiger partial charge in [0.1, 0.15) is 0 Å². The number of anilines is 6. The standard InChI is InChI=1S/C42H30B2N2/c1-5-17-31(18-6-1)43-36-25-13-15-27-40(36)46-41-28-16-14-26-37(41)44(32-19-7-2-8-20-32)39-30-35(29-38(43)42(39)46)45(33-21-9-3-10-22-33)34-23-11-4-12-24-34/h1-30H. The van der Waals surface area contributed by atoms with E-state index in [4.69, 9.17) is 0 Å². The highest BCUT2D eigenvalue weighted by molar-refractivity contribution is 7.02. The fourth-order valence-electron chi connectivity index (χ4n) is 7.68. The highest BCUT2D eigenvalue weighted by atomic mass is 15.2. The van der Waals surface area contributed by atoms with Crippen LogP contribution in [0, 0.1) is 0 Å². The second-order valence-electron chi connectivity index (χ2n) is 12.1. The minimum absolute atomic E-state index is 0.0810. The van der Waals surface area contributed by atoms with Gasteiger partial charge in [0.25, 0.3) is 0 Å². The van der Waals surface area contributed by atoms with Crippen molar-refractivity contribution >= 4 is 80.3 Å². The number of nitrogens with zero attached hydrogens (tertiary/aromatic N) is 2. The summed E-state index contributed by atoms with van der Waals surface area (Å²) < 4.78 is 0. The molecular weight excluding hydrogens is 554 g/mol. The Hall–Kier alpha value is -5.73. The van der Waals surface area contributed by atoms with Crippen LogP contribution in [0.5, 0.6) is 0 Å². The molecule has 0 aromatic heterocycles. The van der Waals surface area contributed by atoms with Gasteiger partial charge in [0.2, 0.25) is 13.4 Å². The first-order valence-corrected chi connectivity index (χ1v) is 16.0. The van der Waals surface area contributed by atoms with Gasteiger partial charge in [0, 0.05) is 34.1 Å². The first-order valence-electron chi connectivity index (χ1n) is 16.0. The molecule has 0 atom stereocenters. The van der Waals surface area contributed by atoms with Crippen LogP contribution < -0.4 is 42.6 Å². The lowest BCUT2D eigenvalue weighted by Gasteiger charge is -2.44. The van der Waals surface area contributed by atoms with Gasteiger partial charge in [-0.15, -0.1) is 0 Å². The predicted molar refractivity (Wildman–Crippen MR) is 198 cm³/mol. The Balaban J connectivity index is 1.41. The average molecular weight is 584 g/mol. The van der Waals surface area contributed by atoms with Crippen molar-refractivity contribution in [3.63, 3.8) is 0 Å². The average Bonchev–Trinajstić information content (AvgIpc) is 3.13. The fraction of sp³-hybridized carbons (Fsp3) is 0. The first-order chi connectivity index (χ1) is 22.9. The van der Waals surface area contributed by atoms with Crippen molar-refractivity contribution in [1.82, 2.24) is 0 Å². The molecule has 0 spiro atoms. The van der Waals surface area contributed by atoms with Crippen LogP contribution in [0.4, 0.5) is 34.1 Å². The lowest BCUT2D eigenvalue weighted by Crippen LogP contribution is -2.65. The van der Waals surface area contributed by atoms with Gasteiger partial charge in [-0.2, -0.15) is 0 Å². The lowest BCUT2D eigenvalue weighted by atomic mass is 9.30. The van der Waals surface area contributed by atoms with Crippen molar-refractivity contribution in [2.75, 3.05) is 9.80 Å². The van der Waals surface area contributed by atoms with Crippen LogP contribution >= 0.6 is 0 Å². The lowest BCUT2D eigenvalue weighted by molar-refractivity contribution is 1.27. The summed E-state index contributed by atoms with van der Waals surface area (Å²) in [5, 5.41) is 0. The van der Waals surface area contributed by atoms with E-state index in [1.807, 2.05) is 0 Å². The minimum Gasteiger partial charge on any atom is -0.313 e. The molecule has 7 aromatic rings. The number of benzene rings is 7. The molecule has 2 aliphatic heterocycles. The highest BCUT2D eigenvalue weighted by Crippen LogP contribution is 2.40. The molecule has 0 radical (unpaired) electrons. The topological polar surface area (TPSA) is 6.48 Å². The van der Waals surface area contributed by atoms with Crippen LogP contribution in [0.1, 0.15) is 0 Å². The van der Waals surface area contributed by atoms with Gasteiger partial charge in [-0.1, -0.05) is 144 Å². The molecule has 7 aromatic carbocycles. The molecule has 4 heteroatoms. The maximum atomic E-state index is 2.54. The van der Waals surface area contributed by atoms with Crippen LogP contribution in [0.3, 0.4) is 0 Å². The van der Waals surface area contributed by atoms with E-state index in [9.17, 15) is 0 Å². The van der Waals surface area contributed by atoms with E-state index in [0.717, 1.165) is 17.1 Å². The number of rotatable bonds is 5. The van der Waals surface area contributed by atoms with Crippen molar-refractivity contribution in [3.8, 4) is 0 Å². The molecule has 0 fully saturated rings. The normalized spacial score (nSPS) is 12.7. The molecule has 9 rings (SSSR count). The molecule has 0 amide bonds. The zero-order valence-electron chi connectivity index (χ0n) is 25.4. The van der Waals surface area contributed by atoms with Crippen molar-refractivity contribution in [3.05, 3.63) is 182 Å². The summed E-state index contributed by atoms with van der Waals surface area (Å²) in [4.78, 5) is 4.94. The van der Waals surface area contributed by atoms with Crippen molar-refractivity contribution in [1.29, 1.82) is 0 Å². The summed E-state index contributed by atoms with van der Waals surface area (Å²) in [7, 11) is 0. The number of para-hydroxylation sites is 4. The Labute approximate surface area is 271 Å². The smallest absolute Gasteiger partial charge is 0.246 e. The van der Waals surface area contributed by atoms with E-state index in [0.29, 0.717) is 0 Å². The monoisotopic (exact) mass is 584 g/mol. The van der Waals surface area contributed by atoms with Crippen molar-refractivity contribution in [2.24, 2.45) is 0 Å². The summed E-state index contributed by atoms with van der Waals surface area (Å²) >= 11 is 0. The third-order valence-electron chi connectivity index (χ3n) is 9.53. The molecule has 0 bridgehead atoms. The van der Waals surface area contributed by atoms with Gasteiger partial charge in [0.15, 0.2) is 0 Å². The van der Waals surface area contributed by atoms with Crippen molar-refractivity contribution < 1.29 is 0 Å².